The number of ether oxygens (including phenoxy) is 1. The molecule has 0 unspecified atom stereocenters. The van der Waals surface area contributed by atoms with Gasteiger partial charge in [-0.15, -0.1) is 0 Å². The van der Waals surface area contributed by atoms with Crippen molar-refractivity contribution in [2.45, 2.75) is 73.6 Å². The lowest BCUT2D eigenvalue weighted by atomic mass is 9.93. The molecule has 13 heteroatoms. The maximum atomic E-state index is 13.6. The molecule has 1 aliphatic heterocycles. The summed E-state index contributed by atoms with van der Waals surface area (Å²) < 4.78 is 32.8. The summed E-state index contributed by atoms with van der Waals surface area (Å²) >= 11 is 0. The lowest BCUT2D eigenvalue weighted by molar-refractivity contribution is -0.112. The molecule has 1 aromatic heterocycles. The molecule has 1 aliphatic carbocycles. The van der Waals surface area contributed by atoms with E-state index in [1.165, 1.54) is 68.7 Å². The van der Waals surface area contributed by atoms with Crippen molar-refractivity contribution in [1.82, 2.24) is 20.1 Å². The van der Waals surface area contributed by atoms with Crippen LogP contribution in [0.25, 0.3) is 10.9 Å². The van der Waals surface area contributed by atoms with E-state index in [0.717, 1.165) is 43.3 Å². The van der Waals surface area contributed by atoms with E-state index >= 15 is 0 Å². The molecule has 7 rings (SSSR count). The second-order valence-corrected chi connectivity index (χ2v) is 17.1. The molecular weight excluding hydrogens is 755 g/mol. The molecule has 0 spiro atoms. The zero-order chi connectivity index (χ0) is 40.6. The van der Waals surface area contributed by atoms with E-state index < -0.39 is 21.8 Å². The summed E-state index contributed by atoms with van der Waals surface area (Å²) in [5, 5.41) is 27.4. The van der Waals surface area contributed by atoms with Crippen LogP contribution < -0.4 is 20.9 Å². The first-order valence-electron chi connectivity index (χ1n) is 20.0. The number of carbonyl (C=O) groups excluding carboxylic acids is 1. The summed E-state index contributed by atoms with van der Waals surface area (Å²) in [6.07, 6.45) is 8.23. The molecule has 2 heterocycles. The highest BCUT2D eigenvalue weighted by molar-refractivity contribution is 7.91. The third kappa shape index (κ3) is 9.86. The number of aromatic amines is 1. The maximum absolute atomic E-state index is 13.6. The third-order valence-corrected chi connectivity index (χ3v) is 13.1. The molecule has 1 saturated carbocycles. The van der Waals surface area contributed by atoms with Gasteiger partial charge in [-0.1, -0.05) is 55.7 Å². The minimum absolute atomic E-state index is 0.0689. The summed E-state index contributed by atoms with van der Waals surface area (Å²) in [4.78, 5) is 32.4. The number of aliphatic hydroxyl groups excluding tert-OH is 1. The van der Waals surface area contributed by atoms with Crippen LogP contribution in [0.2, 0.25) is 0 Å². The van der Waals surface area contributed by atoms with Crippen molar-refractivity contribution in [3.63, 3.8) is 0 Å². The average molecular weight is 806 g/mol. The summed E-state index contributed by atoms with van der Waals surface area (Å²) in [5.41, 5.74) is 3.08. The molecule has 5 aromatic rings. The normalized spacial score (nSPS) is 17.0. The first kappa shape index (κ1) is 40.9. The molecular formula is C45H51N5O7S. The van der Waals surface area contributed by atoms with Gasteiger partial charge in [0.2, 0.25) is 15.4 Å². The van der Waals surface area contributed by atoms with Crippen molar-refractivity contribution in [3.05, 3.63) is 136 Å². The lowest BCUT2D eigenvalue weighted by Crippen LogP contribution is -2.51. The van der Waals surface area contributed by atoms with Crippen molar-refractivity contribution in [1.29, 1.82) is 0 Å². The molecule has 2 fully saturated rings. The second kappa shape index (κ2) is 18.5. The topological polar surface area (TPSA) is 164 Å². The number of aromatic hydroxyl groups is 1. The van der Waals surface area contributed by atoms with Crippen molar-refractivity contribution in [2.75, 3.05) is 38.0 Å². The number of pyridine rings is 1. The van der Waals surface area contributed by atoms with Crippen LogP contribution in [0.15, 0.2) is 124 Å². The van der Waals surface area contributed by atoms with E-state index in [9.17, 15) is 28.2 Å². The fraction of sp³-hybridized carbons (Fsp3) is 0.333. The standard InChI is InChI=1S/C45H51N5O7S/c1-31(49-23-25-50(26-24-49)35-6-3-2-4-7-35)33-12-16-37(17-13-33)58(55,56)38-9-5-8-36(28-38)57-27-22-44(54)47-34-14-10-32(11-15-34)29-46-30-42(52)39-18-20-41(51)45-40(39)19-21-43(53)48-45/h5,8-22,27-28,31,35,42,46,51-52H,2-4,6-7,23-26,29-30H2,1H3,(H,47,54)(H,48,53)/t31-,42-/m0/s1. The number of phenols is 1. The van der Waals surface area contributed by atoms with Crippen molar-refractivity contribution >= 4 is 32.3 Å². The molecule has 0 radical (unpaired) electrons. The van der Waals surface area contributed by atoms with E-state index in [1.54, 1.807) is 48.5 Å². The quantitative estimate of drug-likeness (QED) is 0.0624. The highest BCUT2D eigenvalue weighted by atomic mass is 32.2. The zero-order valence-corrected chi connectivity index (χ0v) is 33.5. The number of piperazine rings is 1. The Balaban J connectivity index is 0.867. The number of hydrogen-bond acceptors (Lipinski definition) is 10. The summed E-state index contributed by atoms with van der Waals surface area (Å²) in [5.74, 6) is -0.223. The molecule has 1 amide bonds. The number of amides is 1. The molecule has 58 heavy (non-hydrogen) atoms. The number of nitrogens with zero attached hydrogens (tertiary/aromatic N) is 2. The van der Waals surface area contributed by atoms with Crippen LogP contribution in [0.3, 0.4) is 0 Å². The minimum atomic E-state index is -3.81. The van der Waals surface area contributed by atoms with Crippen LogP contribution in [0.4, 0.5) is 5.69 Å². The van der Waals surface area contributed by atoms with E-state index in [1.807, 2.05) is 24.3 Å². The number of H-pyrrole nitrogens is 1. The first-order valence-corrected chi connectivity index (χ1v) is 21.4. The molecule has 5 N–H and O–H groups in total. The number of rotatable bonds is 14. The van der Waals surface area contributed by atoms with E-state index in [4.69, 9.17) is 4.74 Å². The van der Waals surface area contributed by atoms with Crippen LogP contribution in [0.5, 0.6) is 11.5 Å². The number of anilines is 1. The van der Waals surface area contributed by atoms with Gasteiger partial charge in [-0.2, -0.15) is 0 Å². The van der Waals surface area contributed by atoms with E-state index in [-0.39, 0.29) is 45.0 Å². The maximum Gasteiger partial charge on any atom is 0.251 e. The largest absolute Gasteiger partial charge is 0.506 e. The van der Waals surface area contributed by atoms with Gasteiger partial charge >= 0.3 is 0 Å². The smallest absolute Gasteiger partial charge is 0.251 e. The Labute approximate surface area is 339 Å². The Morgan fingerprint density at radius 1 is 0.914 bits per heavy atom. The molecule has 12 nitrogen and oxygen atoms in total. The van der Waals surface area contributed by atoms with Crippen LogP contribution in [-0.4, -0.2) is 78.1 Å². The number of carbonyl (C=O) groups is 1. The molecule has 2 aliphatic rings. The van der Waals surface area contributed by atoms with Crippen molar-refractivity contribution < 1.29 is 28.2 Å². The van der Waals surface area contributed by atoms with Crippen LogP contribution in [0, 0.1) is 0 Å². The van der Waals surface area contributed by atoms with Gasteiger partial charge in [0.1, 0.15) is 11.5 Å². The fourth-order valence-electron chi connectivity index (χ4n) is 8.00. The van der Waals surface area contributed by atoms with Crippen molar-refractivity contribution in [3.8, 4) is 11.5 Å². The summed E-state index contributed by atoms with van der Waals surface area (Å²) in [7, 11) is -3.81. The van der Waals surface area contributed by atoms with Gasteiger partial charge in [0.25, 0.3) is 5.91 Å². The number of sulfone groups is 1. The van der Waals surface area contributed by atoms with E-state index in [2.05, 4.69) is 32.3 Å². The summed E-state index contributed by atoms with van der Waals surface area (Å²) in [6, 6.07) is 27.5. The highest BCUT2D eigenvalue weighted by Gasteiger charge is 2.28. The average Bonchev–Trinajstić information content (AvgIpc) is 3.25. The van der Waals surface area contributed by atoms with Gasteiger partial charge in [-0.05, 0) is 91.1 Å². The number of phenolic OH excluding ortho intramolecular Hbond substituents is 1. The van der Waals surface area contributed by atoms with Gasteiger partial charge in [0.05, 0.1) is 27.7 Å². The number of aromatic nitrogens is 1. The molecule has 4 aromatic carbocycles. The van der Waals surface area contributed by atoms with Gasteiger partial charge in [-0.3, -0.25) is 19.4 Å². The van der Waals surface area contributed by atoms with Crippen LogP contribution >= 0.6 is 0 Å². The Bertz CT molecular complexity index is 2390. The zero-order valence-electron chi connectivity index (χ0n) is 32.6. The Morgan fingerprint density at radius 3 is 2.40 bits per heavy atom. The molecule has 1 saturated heterocycles. The van der Waals surface area contributed by atoms with E-state index in [0.29, 0.717) is 23.2 Å². The monoisotopic (exact) mass is 805 g/mol. The fourth-order valence-corrected chi connectivity index (χ4v) is 9.30. The number of benzene rings is 4. The predicted molar refractivity (Wildman–Crippen MR) is 225 cm³/mol. The summed E-state index contributed by atoms with van der Waals surface area (Å²) in [6.45, 7) is 7.04. The van der Waals surface area contributed by atoms with Crippen molar-refractivity contribution in [2.24, 2.45) is 0 Å². The van der Waals surface area contributed by atoms with Gasteiger partial charge in [0, 0.05) is 74.6 Å². The Hall–Kier alpha value is -5.31. The second-order valence-electron chi connectivity index (χ2n) is 15.1. The van der Waals surface area contributed by atoms with Gasteiger partial charge in [0.15, 0.2) is 0 Å². The minimum Gasteiger partial charge on any atom is -0.506 e. The molecule has 304 valence electrons. The third-order valence-electron chi connectivity index (χ3n) is 11.4. The first-order chi connectivity index (χ1) is 28.0. The SMILES string of the molecule is C[C@@H](c1ccc(S(=O)(=O)c2cccc(OC=CC(=O)Nc3ccc(CNC[C@H](O)c4ccc(O)c5[nH]c(=O)ccc45)cc3)c2)cc1)N1CCN(C2CCCCC2)CC1. The number of nitrogens with one attached hydrogen (secondary N) is 3. The highest BCUT2D eigenvalue weighted by Crippen LogP contribution is 2.31. The Morgan fingerprint density at radius 2 is 1.66 bits per heavy atom. The lowest BCUT2D eigenvalue weighted by Gasteiger charge is -2.42. The molecule has 2 atom stereocenters. The van der Waals surface area contributed by atoms with Gasteiger partial charge in [-0.25, -0.2) is 8.42 Å². The van der Waals surface area contributed by atoms with Crippen LogP contribution in [0.1, 0.15) is 67.9 Å². The Kier molecular flexibility index (Phi) is 13.0. The number of aliphatic hydroxyl groups is 1. The molecule has 0 bridgehead atoms. The van der Waals surface area contributed by atoms with Gasteiger partial charge < -0.3 is 30.6 Å². The van der Waals surface area contributed by atoms with Crippen LogP contribution in [-0.2, 0) is 21.2 Å². The predicted octanol–water partition coefficient (Wildman–Crippen LogP) is 6.43. The number of hydrogen-bond donors (Lipinski definition) is 5. The number of fused-ring (bicyclic) bond motifs is 1.